The highest BCUT2D eigenvalue weighted by Crippen LogP contribution is 2.22. The fourth-order valence-electron chi connectivity index (χ4n) is 1.81. The fourth-order valence-corrected chi connectivity index (χ4v) is 2.07. The lowest BCUT2D eigenvalue weighted by molar-refractivity contribution is 0.00755. The number of nitrogens with one attached hydrogen (secondary N) is 1. The molecule has 0 saturated carbocycles. The third-order valence-corrected chi connectivity index (χ3v) is 3.28. The summed E-state index contributed by atoms with van der Waals surface area (Å²) in [5.74, 6) is 1.12. The number of hydrogen-bond acceptors (Lipinski definition) is 5. The van der Waals surface area contributed by atoms with Crippen LogP contribution >= 0.6 is 15.9 Å². The Kier molecular flexibility index (Phi) is 3.40. The summed E-state index contributed by atoms with van der Waals surface area (Å²) < 4.78 is 11.8. The van der Waals surface area contributed by atoms with Gasteiger partial charge in [-0.3, -0.25) is 0 Å². The van der Waals surface area contributed by atoms with Gasteiger partial charge in [-0.2, -0.15) is 4.98 Å². The zero-order chi connectivity index (χ0) is 12.4. The quantitative estimate of drug-likeness (QED) is 0.921. The van der Waals surface area contributed by atoms with Crippen molar-refractivity contribution < 1.29 is 9.26 Å². The van der Waals surface area contributed by atoms with Gasteiger partial charge >= 0.3 is 0 Å². The second kappa shape index (κ2) is 5.17. The molecule has 94 valence electrons. The van der Waals surface area contributed by atoms with E-state index < -0.39 is 0 Å². The molecule has 0 radical (unpaired) electrons. The van der Waals surface area contributed by atoms with Crippen molar-refractivity contribution in [3.63, 3.8) is 0 Å². The van der Waals surface area contributed by atoms with Crippen molar-refractivity contribution in [2.45, 2.75) is 6.10 Å². The van der Waals surface area contributed by atoms with Gasteiger partial charge in [-0.15, -0.1) is 0 Å². The molecule has 1 aromatic heterocycles. The van der Waals surface area contributed by atoms with Crippen LogP contribution in [0.1, 0.15) is 12.0 Å². The Hall–Kier alpha value is -1.24. The smallest absolute Gasteiger partial charge is 0.257 e. The molecule has 1 N–H and O–H groups in total. The van der Waals surface area contributed by atoms with Crippen molar-refractivity contribution in [3.8, 4) is 11.4 Å². The topological polar surface area (TPSA) is 60.2 Å². The van der Waals surface area contributed by atoms with Crippen molar-refractivity contribution in [2.24, 2.45) is 0 Å². The molecule has 1 aromatic carbocycles. The zero-order valence-corrected chi connectivity index (χ0v) is 11.2. The van der Waals surface area contributed by atoms with Crippen LogP contribution in [0.25, 0.3) is 11.4 Å². The summed E-state index contributed by atoms with van der Waals surface area (Å²) in [6.07, 6.45) is -0.143. The number of halogens is 1. The summed E-state index contributed by atoms with van der Waals surface area (Å²) in [5, 5.41) is 7.21. The maximum absolute atomic E-state index is 5.57. The number of benzene rings is 1. The maximum Gasteiger partial charge on any atom is 0.257 e. The number of rotatable bonds is 2. The van der Waals surface area contributed by atoms with Crippen molar-refractivity contribution in [1.82, 2.24) is 15.5 Å². The van der Waals surface area contributed by atoms with Crippen molar-refractivity contribution in [1.29, 1.82) is 0 Å². The first-order valence-corrected chi connectivity index (χ1v) is 6.54. The zero-order valence-electron chi connectivity index (χ0n) is 9.60. The van der Waals surface area contributed by atoms with E-state index >= 15 is 0 Å². The SMILES string of the molecule is Brc1ccc(-c2noc(C3CNCCO3)n2)cc1. The molecule has 18 heavy (non-hydrogen) atoms. The van der Waals surface area contributed by atoms with Gasteiger partial charge in [-0.1, -0.05) is 21.1 Å². The van der Waals surface area contributed by atoms with Gasteiger partial charge in [-0.05, 0) is 24.3 Å². The van der Waals surface area contributed by atoms with Gasteiger partial charge < -0.3 is 14.6 Å². The number of ether oxygens (including phenoxy) is 1. The predicted molar refractivity (Wildman–Crippen MR) is 69.0 cm³/mol. The molecule has 1 fully saturated rings. The minimum atomic E-state index is -0.143. The second-order valence-electron chi connectivity index (χ2n) is 4.03. The summed E-state index contributed by atoms with van der Waals surface area (Å²) >= 11 is 3.39. The van der Waals surface area contributed by atoms with E-state index in [2.05, 4.69) is 31.4 Å². The van der Waals surface area contributed by atoms with Gasteiger partial charge in [0.2, 0.25) is 5.82 Å². The van der Waals surface area contributed by atoms with Gasteiger partial charge in [0.05, 0.1) is 6.61 Å². The molecule has 0 aliphatic carbocycles. The van der Waals surface area contributed by atoms with Gasteiger partial charge in [0.15, 0.2) is 0 Å². The normalized spacial score (nSPS) is 19.9. The van der Waals surface area contributed by atoms with E-state index in [4.69, 9.17) is 9.26 Å². The fraction of sp³-hybridized carbons (Fsp3) is 0.333. The van der Waals surface area contributed by atoms with E-state index in [0.29, 0.717) is 24.9 Å². The van der Waals surface area contributed by atoms with Gasteiger partial charge in [0.1, 0.15) is 6.10 Å². The summed E-state index contributed by atoms with van der Waals surface area (Å²) in [5.41, 5.74) is 0.928. The molecule has 1 unspecified atom stereocenters. The Bertz CT molecular complexity index is 520. The molecule has 1 aliphatic rings. The summed E-state index contributed by atoms with van der Waals surface area (Å²) in [4.78, 5) is 4.38. The molecular weight excluding hydrogens is 298 g/mol. The molecule has 5 nitrogen and oxygen atoms in total. The van der Waals surface area contributed by atoms with Crippen LogP contribution in [0.3, 0.4) is 0 Å². The number of nitrogens with zero attached hydrogens (tertiary/aromatic N) is 2. The first-order chi connectivity index (χ1) is 8.83. The summed E-state index contributed by atoms with van der Waals surface area (Å²) in [6.45, 7) is 2.24. The monoisotopic (exact) mass is 309 g/mol. The Labute approximate surface area is 113 Å². The molecule has 1 aliphatic heterocycles. The Morgan fingerprint density at radius 1 is 1.28 bits per heavy atom. The van der Waals surface area contributed by atoms with Crippen molar-refractivity contribution in [2.75, 3.05) is 19.7 Å². The second-order valence-corrected chi connectivity index (χ2v) is 4.94. The maximum atomic E-state index is 5.57. The average molecular weight is 310 g/mol. The molecule has 3 rings (SSSR count). The van der Waals surface area contributed by atoms with Crippen LogP contribution in [-0.2, 0) is 4.74 Å². The third kappa shape index (κ3) is 2.45. The lowest BCUT2D eigenvalue weighted by Crippen LogP contribution is -2.33. The van der Waals surface area contributed by atoms with E-state index in [-0.39, 0.29) is 6.10 Å². The van der Waals surface area contributed by atoms with Crippen LogP contribution in [0, 0.1) is 0 Å². The highest BCUT2D eigenvalue weighted by Gasteiger charge is 2.22. The van der Waals surface area contributed by atoms with Gasteiger partial charge in [-0.25, -0.2) is 0 Å². The number of aromatic nitrogens is 2. The highest BCUT2D eigenvalue weighted by atomic mass is 79.9. The Morgan fingerprint density at radius 2 is 2.11 bits per heavy atom. The lowest BCUT2D eigenvalue weighted by atomic mass is 10.2. The Morgan fingerprint density at radius 3 is 2.83 bits per heavy atom. The van der Waals surface area contributed by atoms with Crippen LogP contribution in [0.5, 0.6) is 0 Å². The van der Waals surface area contributed by atoms with E-state index in [1.54, 1.807) is 0 Å². The largest absolute Gasteiger partial charge is 0.366 e. The minimum absolute atomic E-state index is 0.143. The minimum Gasteiger partial charge on any atom is -0.366 e. The van der Waals surface area contributed by atoms with Gasteiger partial charge in [0, 0.05) is 23.1 Å². The van der Waals surface area contributed by atoms with E-state index in [9.17, 15) is 0 Å². The molecule has 2 heterocycles. The number of morpholine rings is 1. The van der Waals surface area contributed by atoms with Crippen LogP contribution in [0.15, 0.2) is 33.3 Å². The summed E-state index contributed by atoms with van der Waals surface area (Å²) in [7, 11) is 0. The lowest BCUT2D eigenvalue weighted by Gasteiger charge is -2.19. The van der Waals surface area contributed by atoms with Crippen LogP contribution in [0.2, 0.25) is 0 Å². The Balaban J connectivity index is 1.82. The van der Waals surface area contributed by atoms with Crippen LogP contribution in [0.4, 0.5) is 0 Å². The molecule has 6 heteroatoms. The van der Waals surface area contributed by atoms with E-state index in [0.717, 1.165) is 16.6 Å². The molecule has 2 aromatic rings. The average Bonchev–Trinajstić information content (AvgIpc) is 2.90. The van der Waals surface area contributed by atoms with Gasteiger partial charge in [0.25, 0.3) is 5.89 Å². The van der Waals surface area contributed by atoms with E-state index in [1.165, 1.54) is 0 Å². The predicted octanol–water partition coefficient (Wildman–Crippen LogP) is 2.16. The highest BCUT2D eigenvalue weighted by molar-refractivity contribution is 9.10. The van der Waals surface area contributed by atoms with Crippen molar-refractivity contribution in [3.05, 3.63) is 34.6 Å². The third-order valence-electron chi connectivity index (χ3n) is 2.75. The molecule has 0 bridgehead atoms. The summed E-state index contributed by atoms with van der Waals surface area (Å²) in [6, 6.07) is 7.78. The standard InChI is InChI=1S/C12H12BrN3O2/c13-9-3-1-8(2-4-9)11-15-12(18-16-11)10-7-14-5-6-17-10/h1-4,10,14H,5-7H2. The molecule has 1 saturated heterocycles. The molecule has 0 amide bonds. The van der Waals surface area contributed by atoms with E-state index in [1.807, 2.05) is 24.3 Å². The van der Waals surface area contributed by atoms with Crippen LogP contribution < -0.4 is 5.32 Å². The first kappa shape index (κ1) is 11.8. The number of hydrogen-bond donors (Lipinski definition) is 1. The molecule has 1 atom stereocenters. The van der Waals surface area contributed by atoms with Crippen LogP contribution in [-0.4, -0.2) is 29.8 Å². The first-order valence-electron chi connectivity index (χ1n) is 5.75. The molecule has 0 spiro atoms. The van der Waals surface area contributed by atoms with Crippen molar-refractivity contribution >= 4 is 15.9 Å². The molecular formula is C12H12BrN3O2.